The summed E-state index contributed by atoms with van der Waals surface area (Å²) in [5, 5.41) is 11.9. The number of aliphatic carboxylic acids is 1. The van der Waals surface area contributed by atoms with E-state index in [-0.39, 0.29) is 5.56 Å². The van der Waals surface area contributed by atoms with Crippen LogP contribution in [-0.4, -0.2) is 28.0 Å². The van der Waals surface area contributed by atoms with Crippen molar-refractivity contribution in [2.45, 2.75) is 45.6 Å². The molecule has 0 aliphatic heterocycles. The van der Waals surface area contributed by atoms with Crippen molar-refractivity contribution >= 4 is 11.9 Å². The topological polar surface area (TPSA) is 99.3 Å². The summed E-state index contributed by atoms with van der Waals surface area (Å²) in [6.07, 6.45) is 2.93. The van der Waals surface area contributed by atoms with Gasteiger partial charge in [-0.25, -0.2) is 0 Å². The number of carboxylic acids is 1. The molecule has 0 spiro atoms. The minimum absolute atomic E-state index is 0.0651. The van der Waals surface area contributed by atoms with Crippen LogP contribution in [0.2, 0.25) is 0 Å². The number of nitrogens with one attached hydrogen (secondary N) is 2. The van der Waals surface area contributed by atoms with Crippen molar-refractivity contribution in [3.8, 4) is 0 Å². The maximum Gasteiger partial charge on any atom is 0.308 e. The Labute approximate surface area is 122 Å². The lowest BCUT2D eigenvalue weighted by molar-refractivity contribution is -0.143. The molecule has 21 heavy (non-hydrogen) atoms. The largest absolute Gasteiger partial charge is 0.481 e. The number of carbonyl (C=O) groups excluding carboxylic acids is 1. The van der Waals surface area contributed by atoms with Gasteiger partial charge in [-0.2, -0.15) is 0 Å². The Morgan fingerprint density at radius 2 is 1.95 bits per heavy atom. The van der Waals surface area contributed by atoms with Crippen molar-refractivity contribution in [3.63, 3.8) is 0 Å². The molecular formula is C15H20N2O4. The van der Waals surface area contributed by atoms with Crippen LogP contribution in [-0.2, 0) is 4.79 Å². The molecule has 1 heterocycles. The SMILES string of the molecule is Cc1cc(C)c(C(=O)NC2CCCCC2C(=O)O)c(=O)[nH]1. The van der Waals surface area contributed by atoms with E-state index in [1.807, 2.05) is 0 Å². The van der Waals surface area contributed by atoms with Gasteiger partial charge in [0.15, 0.2) is 0 Å². The molecule has 1 aromatic rings. The van der Waals surface area contributed by atoms with Gasteiger partial charge in [-0.3, -0.25) is 14.4 Å². The van der Waals surface area contributed by atoms with Crippen LogP contribution in [0.15, 0.2) is 10.9 Å². The first-order valence-corrected chi connectivity index (χ1v) is 7.14. The smallest absolute Gasteiger partial charge is 0.308 e. The third kappa shape index (κ3) is 3.32. The fourth-order valence-electron chi connectivity index (χ4n) is 2.98. The van der Waals surface area contributed by atoms with Crippen LogP contribution in [0.1, 0.15) is 47.3 Å². The van der Waals surface area contributed by atoms with E-state index in [1.165, 1.54) is 0 Å². The lowest BCUT2D eigenvalue weighted by atomic mass is 9.84. The second-order valence-electron chi connectivity index (χ2n) is 5.65. The van der Waals surface area contributed by atoms with Crippen LogP contribution < -0.4 is 10.9 Å². The van der Waals surface area contributed by atoms with E-state index < -0.39 is 29.4 Å². The molecule has 1 aliphatic rings. The first-order chi connectivity index (χ1) is 9.90. The van der Waals surface area contributed by atoms with Gasteiger partial charge in [-0.15, -0.1) is 0 Å². The number of rotatable bonds is 3. The summed E-state index contributed by atoms with van der Waals surface area (Å²) in [7, 11) is 0. The maximum atomic E-state index is 12.3. The number of aryl methyl sites for hydroxylation is 2. The molecule has 2 rings (SSSR count). The van der Waals surface area contributed by atoms with Crippen LogP contribution >= 0.6 is 0 Å². The number of amides is 1. The highest BCUT2D eigenvalue weighted by Gasteiger charge is 2.32. The zero-order valence-electron chi connectivity index (χ0n) is 12.2. The number of aromatic amines is 1. The van der Waals surface area contributed by atoms with Crippen molar-refractivity contribution in [2.75, 3.05) is 0 Å². The van der Waals surface area contributed by atoms with Gasteiger partial charge in [0.05, 0.1) is 5.92 Å². The van der Waals surface area contributed by atoms with Gasteiger partial charge < -0.3 is 15.4 Å². The zero-order chi connectivity index (χ0) is 15.6. The van der Waals surface area contributed by atoms with Gasteiger partial charge >= 0.3 is 5.97 Å². The molecule has 2 unspecified atom stereocenters. The predicted molar refractivity (Wildman–Crippen MR) is 77.4 cm³/mol. The molecule has 0 radical (unpaired) electrons. The summed E-state index contributed by atoms with van der Waals surface area (Å²) in [5.41, 5.74) is 0.912. The average molecular weight is 292 g/mol. The minimum Gasteiger partial charge on any atom is -0.481 e. The second-order valence-corrected chi connectivity index (χ2v) is 5.65. The quantitative estimate of drug-likeness (QED) is 0.783. The summed E-state index contributed by atoms with van der Waals surface area (Å²) in [5.74, 6) is -1.96. The molecule has 1 fully saturated rings. The molecule has 6 heteroatoms. The standard InChI is InChI=1S/C15H20N2O4/c1-8-7-9(2)16-13(18)12(8)14(19)17-11-6-4-3-5-10(11)15(20)21/h7,10-11H,3-6H2,1-2H3,(H,16,18)(H,17,19)(H,20,21). The Bertz CT molecular complexity index is 621. The molecule has 1 aliphatic carbocycles. The maximum absolute atomic E-state index is 12.3. The number of hydrogen-bond donors (Lipinski definition) is 3. The van der Waals surface area contributed by atoms with E-state index in [4.69, 9.17) is 0 Å². The van der Waals surface area contributed by atoms with E-state index >= 15 is 0 Å². The fourth-order valence-corrected chi connectivity index (χ4v) is 2.98. The Morgan fingerprint density at radius 1 is 1.29 bits per heavy atom. The third-order valence-corrected chi connectivity index (χ3v) is 3.99. The number of carboxylic acid groups (broad SMARTS) is 1. The van der Waals surface area contributed by atoms with Crippen molar-refractivity contribution in [1.29, 1.82) is 0 Å². The average Bonchev–Trinajstić information content (AvgIpc) is 2.37. The van der Waals surface area contributed by atoms with Gasteiger partial charge in [-0.05, 0) is 38.3 Å². The molecular weight excluding hydrogens is 272 g/mol. The van der Waals surface area contributed by atoms with Crippen LogP contribution in [0.5, 0.6) is 0 Å². The summed E-state index contributed by atoms with van der Waals surface area (Å²) < 4.78 is 0. The molecule has 6 nitrogen and oxygen atoms in total. The van der Waals surface area contributed by atoms with Gasteiger partial charge in [0.1, 0.15) is 5.56 Å². The van der Waals surface area contributed by atoms with Crippen molar-refractivity contribution in [3.05, 3.63) is 33.2 Å². The molecule has 1 amide bonds. The Hall–Kier alpha value is -2.11. The van der Waals surface area contributed by atoms with E-state index in [2.05, 4.69) is 10.3 Å². The summed E-state index contributed by atoms with van der Waals surface area (Å²) >= 11 is 0. The highest BCUT2D eigenvalue weighted by Crippen LogP contribution is 2.25. The number of carbonyl (C=O) groups is 2. The summed E-state index contributed by atoms with van der Waals surface area (Å²) in [4.78, 5) is 38.1. The predicted octanol–water partition coefficient (Wildman–Crippen LogP) is 1.36. The molecule has 1 saturated carbocycles. The second kappa shape index (κ2) is 6.11. The zero-order valence-corrected chi connectivity index (χ0v) is 12.2. The molecule has 1 aromatic heterocycles. The van der Waals surface area contributed by atoms with Gasteiger partial charge in [0, 0.05) is 11.7 Å². The van der Waals surface area contributed by atoms with Crippen LogP contribution in [0, 0.1) is 19.8 Å². The summed E-state index contributed by atoms with van der Waals surface area (Å²) in [6, 6.07) is 1.31. The molecule has 0 saturated heterocycles. The Kier molecular flexibility index (Phi) is 4.45. The van der Waals surface area contributed by atoms with Gasteiger partial charge in [-0.1, -0.05) is 12.8 Å². The lowest BCUT2D eigenvalue weighted by Crippen LogP contribution is -2.46. The van der Waals surface area contributed by atoms with E-state index in [1.54, 1.807) is 19.9 Å². The fraction of sp³-hybridized carbons (Fsp3) is 0.533. The van der Waals surface area contributed by atoms with Gasteiger partial charge in [0.25, 0.3) is 11.5 Å². The van der Waals surface area contributed by atoms with Crippen molar-refractivity contribution < 1.29 is 14.7 Å². The lowest BCUT2D eigenvalue weighted by Gasteiger charge is -2.29. The van der Waals surface area contributed by atoms with Crippen LogP contribution in [0.3, 0.4) is 0 Å². The molecule has 0 bridgehead atoms. The number of aromatic nitrogens is 1. The number of pyridine rings is 1. The van der Waals surface area contributed by atoms with E-state index in [9.17, 15) is 19.5 Å². The van der Waals surface area contributed by atoms with Crippen LogP contribution in [0.25, 0.3) is 0 Å². The highest BCUT2D eigenvalue weighted by molar-refractivity contribution is 5.95. The normalized spacial score (nSPS) is 21.8. The monoisotopic (exact) mass is 292 g/mol. The first kappa shape index (κ1) is 15.3. The first-order valence-electron chi connectivity index (χ1n) is 7.14. The molecule has 3 N–H and O–H groups in total. The van der Waals surface area contributed by atoms with Crippen LogP contribution in [0.4, 0.5) is 0 Å². The molecule has 114 valence electrons. The Balaban J connectivity index is 2.21. The molecule has 2 atom stereocenters. The van der Waals surface area contributed by atoms with Crippen molar-refractivity contribution in [2.24, 2.45) is 5.92 Å². The highest BCUT2D eigenvalue weighted by atomic mass is 16.4. The Morgan fingerprint density at radius 3 is 2.57 bits per heavy atom. The summed E-state index contributed by atoms with van der Waals surface area (Å²) in [6.45, 7) is 3.45. The minimum atomic E-state index is -0.894. The van der Waals surface area contributed by atoms with Gasteiger partial charge in [0.2, 0.25) is 0 Å². The van der Waals surface area contributed by atoms with E-state index in [0.29, 0.717) is 24.1 Å². The van der Waals surface area contributed by atoms with E-state index in [0.717, 1.165) is 12.8 Å². The van der Waals surface area contributed by atoms with Crippen molar-refractivity contribution in [1.82, 2.24) is 10.3 Å². The number of H-pyrrole nitrogens is 1. The number of hydrogen-bond acceptors (Lipinski definition) is 3. The molecule has 0 aromatic carbocycles. The third-order valence-electron chi connectivity index (χ3n) is 3.99.